The van der Waals surface area contributed by atoms with Gasteiger partial charge in [-0.25, -0.2) is 0 Å². The molecule has 1 fully saturated rings. The summed E-state index contributed by atoms with van der Waals surface area (Å²) in [5.74, 6) is -0.0680. The molecule has 3 aromatic rings. The van der Waals surface area contributed by atoms with Gasteiger partial charge in [-0.15, -0.1) is 0 Å². The lowest BCUT2D eigenvalue weighted by Gasteiger charge is -2.36. The van der Waals surface area contributed by atoms with Gasteiger partial charge >= 0.3 is 0 Å². The van der Waals surface area contributed by atoms with Gasteiger partial charge < -0.3 is 14.4 Å². The Morgan fingerprint density at radius 2 is 1.67 bits per heavy atom. The molecule has 6 heteroatoms. The van der Waals surface area contributed by atoms with Crippen molar-refractivity contribution in [1.82, 2.24) is 14.4 Å². The highest BCUT2D eigenvalue weighted by Gasteiger charge is 2.29. The zero-order valence-electron chi connectivity index (χ0n) is 21.1. The van der Waals surface area contributed by atoms with E-state index >= 15 is 0 Å². The van der Waals surface area contributed by atoms with Gasteiger partial charge in [-0.1, -0.05) is 74.2 Å². The number of rotatable bonds is 10. The van der Waals surface area contributed by atoms with Crippen LogP contribution in [0.4, 0.5) is 0 Å². The van der Waals surface area contributed by atoms with Crippen LogP contribution in [0.25, 0.3) is 0 Å². The third kappa shape index (κ3) is 6.58. The first kappa shape index (κ1) is 26.0. The molecular formula is C30H36ClN3O2. The summed E-state index contributed by atoms with van der Waals surface area (Å²) in [6.45, 7) is 3.88. The van der Waals surface area contributed by atoms with Crippen molar-refractivity contribution in [3.8, 4) is 0 Å². The summed E-state index contributed by atoms with van der Waals surface area (Å²) in [5.41, 5.74) is 2.75. The summed E-state index contributed by atoms with van der Waals surface area (Å²) in [4.78, 5) is 30.8. The number of amides is 2. The van der Waals surface area contributed by atoms with Crippen molar-refractivity contribution >= 4 is 23.4 Å². The quantitative estimate of drug-likeness (QED) is 0.320. The van der Waals surface area contributed by atoms with E-state index in [1.54, 1.807) is 4.90 Å². The fourth-order valence-corrected chi connectivity index (χ4v) is 5.28. The lowest BCUT2D eigenvalue weighted by atomic mass is 9.94. The van der Waals surface area contributed by atoms with E-state index in [4.69, 9.17) is 11.6 Å². The molecule has 1 heterocycles. The molecule has 0 bridgehead atoms. The maximum atomic E-state index is 13.8. The third-order valence-electron chi connectivity index (χ3n) is 7.02. The molecule has 1 aliphatic carbocycles. The fraction of sp³-hybridized carbons (Fsp3) is 0.400. The molecule has 0 spiro atoms. The van der Waals surface area contributed by atoms with E-state index in [1.807, 2.05) is 78.7 Å². The Balaban J connectivity index is 1.54. The molecule has 36 heavy (non-hydrogen) atoms. The van der Waals surface area contributed by atoms with Crippen molar-refractivity contribution in [2.75, 3.05) is 13.1 Å². The standard InChI is InChI=1S/C30H36ClN3O2/c1-2-19-33(30(36)24-12-5-3-6-13-24)23-29(35)34(26-15-7-4-8-16-26)22-27-17-11-20-32(27)21-25-14-9-10-18-28(25)31/h3,5-6,9-14,17-18,20,26H,2,4,7-8,15-16,19,21-23H2,1H3. The second kappa shape index (κ2) is 12.8. The van der Waals surface area contributed by atoms with Crippen LogP contribution >= 0.6 is 11.6 Å². The normalized spacial score (nSPS) is 13.9. The van der Waals surface area contributed by atoms with Crippen molar-refractivity contribution in [1.29, 1.82) is 0 Å². The second-order valence-corrected chi connectivity index (χ2v) is 10.0. The molecule has 2 aromatic carbocycles. The molecule has 2 amide bonds. The van der Waals surface area contributed by atoms with Crippen LogP contribution in [0.2, 0.25) is 5.02 Å². The number of nitrogens with zero attached hydrogens (tertiary/aromatic N) is 3. The van der Waals surface area contributed by atoms with Crippen molar-refractivity contribution in [3.63, 3.8) is 0 Å². The van der Waals surface area contributed by atoms with Crippen molar-refractivity contribution in [2.45, 2.75) is 64.6 Å². The highest BCUT2D eigenvalue weighted by Crippen LogP contribution is 2.25. The SMILES string of the molecule is CCCN(CC(=O)N(Cc1cccn1Cc1ccccc1Cl)C1CCCCC1)C(=O)c1ccccc1. The van der Waals surface area contributed by atoms with E-state index in [1.165, 1.54) is 6.42 Å². The number of carbonyl (C=O) groups excluding carboxylic acids is 2. The summed E-state index contributed by atoms with van der Waals surface area (Å²) in [5, 5.41) is 0.743. The minimum absolute atomic E-state index is 0.0186. The molecule has 0 radical (unpaired) electrons. The molecule has 190 valence electrons. The van der Waals surface area contributed by atoms with Crippen LogP contribution in [0.1, 0.15) is 67.1 Å². The van der Waals surface area contributed by atoms with Gasteiger partial charge in [0.05, 0.1) is 6.54 Å². The van der Waals surface area contributed by atoms with E-state index in [0.29, 0.717) is 25.2 Å². The largest absolute Gasteiger partial charge is 0.345 e. The first-order chi connectivity index (χ1) is 17.6. The number of benzene rings is 2. The van der Waals surface area contributed by atoms with Gasteiger partial charge in [0.15, 0.2) is 0 Å². The zero-order chi connectivity index (χ0) is 25.3. The first-order valence-corrected chi connectivity index (χ1v) is 13.5. The van der Waals surface area contributed by atoms with Crippen LogP contribution in [0.15, 0.2) is 72.9 Å². The van der Waals surface area contributed by atoms with E-state index < -0.39 is 0 Å². The molecule has 4 rings (SSSR count). The zero-order valence-corrected chi connectivity index (χ0v) is 21.9. The molecule has 0 saturated heterocycles. The van der Waals surface area contributed by atoms with Crippen molar-refractivity contribution in [3.05, 3.63) is 94.8 Å². The predicted molar refractivity (Wildman–Crippen MR) is 145 cm³/mol. The van der Waals surface area contributed by atoms with Crippen LogP contribution in [-0.2, 0) is 17.9 Å². The fourth-order valence-electron chi connectivity index (χ4n) is 5.09. The maximum absolute atomic E-state index is 13.8. The van der Waals surface area contributed by atoms with E-state index in [9.17, 15) is 9.59 Å². The number of hydrogen-bond donors (Lipinski definition) is 0. The Labute approximate surface area is 219 Å². The first-order valence-electron chi connectivity index (χ1n) is 13.1. The van der Waals surface area contributed by atoms with Crippen molar-refractivity contribution < 1.29 is 9.59 Å². The van der Waals surface area contributed by atoms with E-state index in [0.717, 1.165) is 48.4 Å². The maximum Gasteiger partial charge on any atom is 0.254 e. The Kier molecular flexibility index (Phi) is 9.23. The van der Waals surface area contributed by atoms with E-state index in [2.05, 4.69) is 10.6 Å². The second-order valence-electron chi connectivity index (χ2n) is 9.63. The predicted octanol–water partition coefficient (Wildman–Crippen LogP) is 6.40. The summed E-state index contributed by atoms with van der Waals surface area (Å²) < 4.78 is 2.17. The van der Waals surface area contributed by atoms with Crippen LogP contribution in [0, 0.1) is 0 Å². The average molecular weight is 506 g/mol. The van der Waals surface area contributed by atoms with Crippen LogP contribution in [-0.4, -0.2) is 45.3 Å². The number of aromatic nitrogens is 1. The topological polar surface area (TPSA) is 45.6 Å². The van der Waals surface area contributed by atoms with Gasteiger partial charge in [0.2, 0.25) is 5.91 Å². The Morgan fingerprint density at radius 3 is 2.39 bits per heavy atom. The molecule has 0 atom stereocenters. The average Bonchev–Trinajstić information content (AvgIpc) is 3.35. The number of halogens is 1. The molecular weight excluding hydrogens is 470 g/mol. The third-order valence-corrected chi connectivity index (χ3v) is 7.39. The highest BCUT2D eigenvalue weighted by molar-refractivity contribution is 6.31. The van der Waals surface area contributed by atoms with Gasteiger partial charge in [0.1, 0.15) is 6.54 Å². The lowest BCUT2D eigenvalue weighted by Crippen LogP contribution is -2.47. The summed E-state index contributed by atoms with van der Waals surface area (Å²) in [6.07, 6.45) is 8.36. The summed E-state index contributed by atoms with van der Waals surface area (Å²) in [7, 11) is 0. The van der Waals surface area contributed by atoms with Gasteiger partial charge in [-0.3, -0.25) is 9.59 Å². The monoisotopic (exact) mass is 505 g/mol. The minimum atomic E-state index is -0.0866. The molecule has 0 unspecified atom stereocenters. The summed E-state index contributed by atoms with van der Waals surface area (Å²) >= 11 is 6.42. The van der Waals surface area contributed by atoms with Gasteiger partial charge in [0.25, 0.3) is 5.91 Å². The van der Waals surface area contributed by atoms with Gasteiger partial charge in [-0.05, 0) is 55.2 Å². The highest BCUT2D eigenvalue weighted by atomic mass is 35.5. The molecule has 1 aromatic heterocycles. The van der Waals surface area contributed by atoms with Crippen LogP contribution in [0.3, 0.4) is 0 Å². The van der Waals surface area contributed by atoms with E-state index in [-0.39, 0.29) is 24.4 Å². The molecule has 0 N–H and O–H groups in total. The Morgan fingerprint density at radius 1 is 0.944 bits per heavy atom. The molecule has 1 aliphatic rings. The number of carbonyl (C=O) groups is 2. The Bertz CT molecular complexity index is 1140. The molecule has 0 aliphatic heterocycles. The summed E-state index contributed by atoms with van der Waals surface area (Å²) in [6, 6.07) is 21.4. The van der Waals surface area contributed by atoms with Gasteiger partial charge in [-0.2, -0.15) is 0 Å². The van der Waals surface area contributed by atoms with Crippen LogP contribution in [0.5, 0.6) is 0 Å². The number of hydrogen-bond acceptors (Lipinski definition) is 2. The van der Waals surface area contributed by atoms with Crippen LogP contribution < -0.4 is 0 Å². The Hall–Kier alpha value is -3.05. The van der Waals surface area contributed by atoms with Crippen molar-refractivity contribution in [2.24, 2.45) is 0 Å². The molecule has 1 saturated carbocycles. The minimum Gasteiger partial charge on any atom is -0.345 e. The molecule has 5 nitrogen and oxygen atoms in total. The smallest absolute Gasteiger partial charge is 0.254 e. The lowest BCUT2D eigenvalue weighted by molar-refractivity contribution is -0.135. The van der Waals surface area contributed by atoms with Gasteiger partial charge in [0, 0.05) is 41.6 Å².